The van der Waals surface area contributed by atoms with Gasteiger partial charge in [-0.25, -0.2) is 15.8 Å². The molecule has 1 heterocycles. The minimum Gasteiger partial charge on any atom is -0.282 e. The van der Waals surface area contributed by atoms with Crippen LogP contribution in [0.3, 0.4) is 0 Å². The van der Waals surface area contributed by atoms with Crippen LogP contribution in [-0.2, 0) is 0 Å². The molecule has 1 aromatic rings. The van der Waals surface area contributed by atoms with Gasteiger partial charge in [-0.15, -0.1) is 0 Å². The van der Waals surface area contributed by atoms with Crippen molar-refractivity contribution in [1.29, 1.82) is 0 Å². The Balaban J connectivity index is 2.89. The molecule has 54 valence electrons. The average molecular weight is 203 g/mol. The fourth-order valence-corrected chi connectivity index (χ4v) is 0.692. The smallest absolute Gasteiger partial charge is 0.239 e. The number of nitrogens with zero attached hydrogens (tertiary/aromatic N) is 3. The molecule has 10 heavy (non-hydrogen) atoms. The number of hydrazine groups is 1. The molecule has 4 nitrogen and oxygen atoms in total. The van der Waals surface area contributed by atoms with E-state index in [4.69, 9.17) is 5.84 Å². The zero-order chi connectivity index (χ0) is 7.56. The number of rotatable bonds is 1. The maximum atomic E-state index is 5.36. The number of halogens is 1. The molecule has 0 amide bonds. The molecule has 0 radical (unpaired) electrons. The van der Waals surface area contributed by atoms with Crippen molar-refractivity contribution in [2.45, 2.75) is 0 Å². The van der Waals surface area contributed by atoms with Gasteiger partial charge in [-0.1, -0.05) is 0 Å². The SMILES string of the molecule is CN(N)c1ncc(Br)cn1. The van der Waals surface area contributed by atoms with Gasteiger partial charge in [0.05, 0.1) is 4.47 Å². The van der Waals surface area contributed by atoms with E-state index in [1.165, 1.54) is 5.01 Å². The lowest BCUT2D eigenvalue weighted by Gasteiger charge is -2.07. The van der Waals surface area contributed by atoms with E-state index in [2.05, 4.69) is 25.9 Å². The first-order chi connectivity index (χ1) is 4.70. The zero-order valence-corrected chi connectivity index (χ0v) is 7.04. The first kappa shape index (κ1) is 7.43. The van der Waals surface area contributed by atoms with Crippen LogP contribution in [-0.4, -0.2) is 17.0 Å². The first-order valence-electron chi connectivity index (χ1n) is 2.66. The molecule has 0 saturated carbocycles. The van der Waals surface area contributed by atoms with E-state index in [-0.39, 0.29) is 0 Å². The maximum absolute atomic E-state index is 5.36. The molecule has 0 unspecified atom stereocenters. The highest BCUT2D eigenvalue weighted by Gasteiger charge is 1.95. The Morgan fingerprint density at radius 1 is 1.50 bits per heavy atom. The molecule has 0 bridgehead atoms. The molecule has 5 heteroatoms. The minimum atomic E-state index is 0.503. The Morgan fingerprint density at radius 2 is 2.00 bits per heavy atom. The third-order valence-corrected chi connectivity index (χ3v) is 1.33. The number of anilines is 1. The molecular weight excluding hydrogens is 196 g/mol. The lowest BCUT2D eigenvalue weighted by molar-refractivity contribution is 0.926. The van der Waals surface area contributed by atoms with Crippen LogP contribution >= 0.6 is 15.9 Å². The van der Waals surface area contributed by atoms with Crippen molar-refractivity contribution in [3.63, 3.8) is 0 Å². The standard InChI is InChI=1S/C5H7BrN4/c1-10(7)5-8-2-4(6)3-9-5/h2-3H,7H2,1H3. The largest absolute Gasteiger partial charge is 0.282 e. The van der Waals surface area contributed by atoms with Gasteiger partial charge in [0.2, 0.25) is 5.95 Å². The van der Waals surface area contributed by atoms with Gasteiger partial charge in [-0.05, 0) is 15.9 Å². The molecule has 0 aromatic carbocycles. The third kappa shape index (κ3) is 1.65. The van der Waals surface area contributed by atoms with Crippen molar-refractivity contribution >= 4 is 21.9 Å². The molecule has 2 N–H and O–H groups in total. The Bertz CT molecular complexity index is 207. The molecule has 0 fully saturated rings. The Morgan fingerprint density at radius 3 is 2.40 bits per heavy atom. The number of hydrogen-bond acceptors (Lipinski definition) is 4. The normalized spacial score (nSPS) is 9.50. The number of hydrogen-bond donors (Lipinski definition) is 1. The predicted molar refractivity (Wildman–Crippen MR) is 42.3 cm³/mol. The highest BCUT2D eigenvalue weighted by atomic mass is 79.9. The van der Waals surface area contributed by atoms with Gasteiger partial charge in [-0.3, -0.25) is 5.01 Å². The van der Waals surface area contributed by atoms with Crippen LogP contribution < -0.4 is 10.9 Å². The molecule has 0 saturated heterocycles. The lowest BCUT2D eigenvalue weighted by atomic mass is 10.7. The predicted octanol–water partition coefficient (Wildman–Crippen LogP) is 0.549. The highest BCUT2D eigenvalue weighted by molar-refractivity contribution is 9.10. The molecule has 0 aliphatic rings. The summed E-state index contributed by atoms with van der Waals surface area (Å²) in [5.41, 5.74) is 0. The summed E-state index contributed by atoms with van der Waals surface area (Å²) in [5.74, 6) is 5.86. The topological polar surface area (TPSA) is 55.0 Å². The van der Waals surface area contributed by atoms with Crippen LogP contribution in [0.2, 0.25) is 0 Å². The van der Waals surface area contributed by atoms with Gasteiger partial charge in [0, 0.05) is 19.4 Å². The minimum absolute atomic E-state index is 0.503. The summed E-state index contributed by atoms with van der Waals surface area (Å²) in [6.07, 6.45) is 3.29. The third-order valence-electron chi connectivity index (χ3n) is 0.922. The molecule has 1 aromatic heterocycles. The van der Waals surface area contributed by atoms with Gasteiger partial charge < -0.3 is 0 Å². The Hall–Kier alpha value is -0.680. The molecule has 0 aliphatic heterocycles. The summed E-state index contributed by atoms with van der Waals surface area (Å²) in [6.45, 7) is 0. The molecular formula is C5H7BrN4. The van der Waals surface area contributed by atoms with Crippen LogP contribution in [0.1, 0.15) is 0 Å². The van der Waals surface area contributed by atoms with Crippen molar-refractivity contribution in [3.05, 3.63) is 16.9 Å². The Kier molecular flexibility index (Phi) is 2.18. The van der Waals surface area contributed by atoms with Crippen LogP contribution in [0.5, 0.6) is 0 Å². The fourth-order valence-electron chi connectivity index (χ4n) is 0.488. The van der Waals surface area contributed by atoms with E-state index in [1.807, 2.05) is 0 Å². The summed E-state index contributed by atoms with van der Waals surface area (Å²) in [4.78, 5) is 7.84. The van der Waals surface area contributed by atoms with Crippen LogP contribution in [0.4, 0.5) is 5.95 Å². The van der Waals surface area contributed by atoms with Gasteiger partial charge in [-0.2, -0.15) is 0 Å². The van der Waals surface area contributed by atoms with Gasteiger partial charge in [0.25, 0.3) is 0 Å². The van der Waals surface area contributed by atoms with Gasteiger partial charge in [0.1, 0.15) is 0 Å². The second-order valence-corrected chi connectivity index (χ2v) is 2.73. The molecule has 0 atom stereocenters. The van der Waals surface area contributed by atoms with Crippen LogP contribution in [0, 0.1) is 0 Å². The number of aromatic nitrogens is 2. The molecule has 0 spiro atoms. The van der Waals surface area contributed by atoms with E-state index in [0.29, 0.717) is 5.95 Å². The summed E-state index contributed by atoms with van der Waals surface area (Å²) < 4.78 is 0.845. The Labute approximate surface area is 67.2 Å². The summed E-state index contributed by atoms with van der Waals surface area (Å²) >= 11 is 3.21. The van der Waals surface area contributed by atoms with Crippen molar-refractivity contribution in [2.24, 2.45) is 5.84 Å². The van der Waals surface area contributed by atoms with Crippen molar-refractivity contribution in [3.8, 4) is 0 Å². The fraction of sp³-hybridized carbons (Fsp3) is 0.200. The number of nitrogens with two attached hydrogens (primary N) is 1. The second kappa shape index (κ2) is 2.94. The first-order valence-corrected chi connectivity index (χ1v) is 3.45. The summed E-state index contributed by atoms with van der Waals surface area (Å²) in [6, 6.07) is 0. The van der Waals surface area contributed by atoms with E-state index in [0.717, 1.165) is 4.47 Å². The summed E-state index contributed by atoms with van der Waals surface area (Å²) in [5, 5.41) is 1.35. The highest BCUT2D eigenvalue weighted by Crippen LogP contribution is 2.06. The van der Waals surface area contributed by atoms with Crippen LogP contribution in [0.25, 0.3) is 0 Å². The second-order valence-electron chi connectivity index (χ2n) is 1.81. The van der Waals surface area contributed by atoms with E-state index in [1.54, 1.807) is 19.4 Å². The van der Waals surface area contributed by atoms with Crippen molar-refractivity contribution in [2.75, 3.05) is 12.1 Å². The van der Waals surface area contributed by atoms with E-state index in [9.17, 15) is 0 Å². The van der Waals surface area contributed by atoms with E-state index < -0.39 is 0 Å². The molecule has 0 aliphatic carbocycles. The zero-order valence-electron chi connectivity index (χ0n) is 5.45. The monoisotopic (exact) mass is 202 g/mol. The lowest BCUT2D eigenvalue weighted by Crippen LogP contribution is -2.26. The average Bonchev–Trinajstić information content (AvgIpc) is 1.88. The van der Waals surface area contributed by atoms with Crippen molar-refractivity contribution in [1.82, 2.24) is 9.97 Å². The van der Waals surface area contributed by atoms with Crippen LogP contribution in [0.15, 0.2) is 16.9 Å². The molecule has 1 rings (SSSR count). The summed E-state index contributed by atoms with van der Waals surface area (Å²) in [7, 11) is 1.68. The van der Waals surface area contributed by atoms with E-state index >= 15 is 0 Å². The maximum Gasteiger partial charge on any atom is 0.239 e. The quantitative estimate of drug-likeness (QED) is 0.534. The van der Waals surface area contributed by atoms with Crippen molar-refractivity contribution < 1.29 is 0 Å². The van der Waals surface area contributed by atoms with Gasteiger partial charge >= 0.3 is 0 Å². The van der Waals surface area contributed by atoms with Gasteiger partial charge in [0.15, 0.2) is 0 Å².